The highest BCUT2D eigenvalue weighted by Crippen LogP contribution is 2.22. The first-order valence-electron chi connectivity index (χ1n) is 6.73. The minimum atomic E-state index is -0.102. The molecule has 2 rings (SSSR count). The van der Waals surface area contributed by atoms with Gasteiger partial charge in [0, 0.05) is 6.42 Å². The van der Waals surface area contributed by atoms with Crippen LogP contribution in [0, 0.1) is 0 Å². The fraction of sp³-hybridized carbons (Fsp3) is 0.538. The first-order chi connectivity index (χ1) is 9.81. The molecule has 7 heteroatoms. The number of nitrogens with one attached hydrogen (secondary N) is 1. The van der Waals surface area contributed by atoms with Crippen molar-refractivity contribution in [1.29, 1.82) is 0 Å². The molecule has 0 saturated carbocycles. The van der Waals surface area contributed by atoms with Crippen LogP contribution in [-0.2, 0) is 9.53 Å². The van der Waals surface area contributed by atoms with Gasteiger partial charge in [0.05, 0.1) is 12.9 Å². The smallest absolute Gasteiger partial charge is 0.305 e. The molecule has 0 saturated heterocycles. The van der Waals surface area contributed by atoms with Gasteiger partial charge in [0.15, 0.2) is 5.65 Å². The number of thioether (sulfide) groups is 1. The number of hydrogen-bond donors (Lipinski definition) is 1. The molecular formula is C13H18N4O2S. The highest BCUT2D eigenvalue weighted by Gasteiger charge is 2.06. The van der Waals surface area contributed by atoms with Crippen LogP contribution < -0.4 is 0 Å². The molecule has 2 heterocycles. The Morgan fingerprint density at radius 3 is 3.10 bits per heavy atom. The molecule has 0 bridgehead atoms. The van der Waals surface area contributed by atoms with E-state index in [1.165, 1.54) is 6.33 Å². The number of imidazole rings is 1. The molecule has 0 amide bonds. The fourth-order valence-corrected chi connectivity index (χ4v) is 2.64. The summed E-state index contributed by atoms with van der Waals surface area (Å²) >= 11 is 1.65. The topological polar surface area (TPSA) is 80.8 Å². The zero-order valence-corrected chi connectivity index (χ0v) is 12.3. The zero-order chi connectivity index (χ0) is 14.2. The Hall–Kier alpha value is -1.63. The Kier molecular flexibility index (Phi) is 5.79. The number of rotatable bonds is 8. The Labute approximate surface area is 121 Å². The van der Waals surface area contributed by atoms with Gasteiger partial charge in [-0.1, -0.05) is 6.92 Å². The van der Waals surface area contributed by atoms with Crippen LogP contribution in [0.4, 0.5) is 0 Å². The number of carbonyl (C=O) groups is 1. The second-order valence-electron chi connectivity index (χ2n) is 4.31. The van der Waals surface area contributed by atoms with E-state index in [1.807, 2.05) is 6.92 Å². The van der Waals surface area contributed by atoms with E-state index in [1.54, 1.807) is 18.1 Å². The number of unbranched alkanes of at least 4 members (excludes halogenated alkanes) is 1. The van der Waals surface area contributed by atoms with Gasteiger partial charge in [0.2, 0.25) is 0 Å². The van der Waals surface area contributed by atoms with E-state index >= 15 is 0 Å². The van der Waals surface area contributed by atoms with Crippen molar-refractivity contribution in [2.45, 2.75) is 37.6 Å². The SMILES string of the molecule is CCCOC(=O)CCCCSc1ncnc2nc[nH]c12. The third kappa shape index (κ3) is 4.19. The van der Waals surface area contributed by atoms with Gasteiger partial charge in [-0.2, -0.15) is 0 Å². The number of carbonyl (C=O) groups excluding carboxylic acids is 1. The highest BCUT2D eigenvalue weighted by atomic mass is 32.2. The third-order valence-electron chi connectivity index (χ3n) is 2.67. The van der Waals surface area contributed by atoms with Crippen molar-refractivity contribution < 1.29 is 9.53 Å². The van der Waals surface area contributed by atoms with Crippen molar-refractivity contribution >= 4 is 28.9 Å². The summed E-state index contributed by atoms with van der Waals surface area (Å²) in [6.07, 6.45) is 6.29. The lowest BCUT2D eigenvalue weighted by molar-refractivity contribution is -0.143. The maximum Gasteiger partial charge on any atom is 0.305 e. The van der Waals surface area contributed by atoms with Crippen LogP contribution in [-0.4, -0.2) is 38.3 Å². The van der Waals surface area contributed by atoms with E-state index in [0.29, 0.717) is 18.7 Å². The maximum atomic E-state index is 11.3. The Bertz CT molecular complexity index is 558. The molecule has 2 aromatic rings. The molecule has 0 aliphatic carbocycles. The van der Waals surface area contributed by atoms with Crippen LogP contribution in [0.1, 0.15) is 32.6 Å². The fourth-order valence-electron chi connectivity index (χ4n) is 1.68. The normalized spacial score (nSPS) is 10.8. The Balaban J connectivity index is 1.69. The number of aromatic amines is 1. The number of fused-ring (bicyclic) bond motifs is 1. The van der Waals surface area contributed by atoms with Gasteiger partial charge in [-0.25, -0.2) is 15.0 Å². The summed E-state index contributed by atoms with van der Waals surface area (Å²) in [5.74, 6) is 0.807. The predicted molar refractivity (Wildman–Crippen MR) is 77.5 cm³/mol. The van der Waals surface area contributed by atoms with Crippen molar-refractivity contribution in [3.8, 4) is 0 Å². The molecule has 0 spiro atoms. The van der Waals surface area contributed by atoms with Gasteiger partial charge in [0.1, 0.15) is 16.9 Å². The summed E-state index contributed by atoms with van der Waals surface area (Å²) < 4.78 is 5.02. The first kappa shape index (κ1) is 14.8. The molecular weight excluding hydrogens is 276 g/mol. The average molecular weight is 294 g/mol. The number of ether oxygens (including phenoxy) is 1. The quantitative estimate of drug-likeness (QED) is 0.349. The van der Waals surface area contributed by atoms with Gasteiger partial charge >= 0.3 is 5.97 Å². The summed E-state index contributed by atoms with van der Waals surface area (Å²) in [6.45, 7) is 2.51. The van der Waals surface area contributed by atoms with Crippen molar-refractivity contribution in [1.82, 2.24) is 19.9 Å². The number of esters is 1. The van der Waals surface area contributed by atoms with Crippen LogP contribution >= 0.6 is 11.8 Å². The number of H-pyrrole nitrogens is 1. The van der Waals surface area contributed by atoms with Gasteiger partial charge in [-0.3, -0.25) is 4.79 Å². The zero-order valence-electron chi connectivity index (χ0n) is 11.5. The van der Waals surface area contributed by atoms with Crippen LogP contribution in [0.15, 0.2) is 17.7 Å². The minimum Gasteiger partial charge on any atom is -0.466 e. The standard InChI is InChI=1S/C13H18N4O2S/c1-2-6-19-10(18)5-3-4-7-20-13-11-12(15-8-14-11)16-9-17-13/h8-9H,2-7H2,1H3,(H,14,15,16,17). The van der Waals surface area contributed by atoms with Crippen LogP contribution in [0.5, 0.6) is 0 Å². The predicted octanol–water partition coefficient (Wildman–Crippen LogP) is 2.57. The van der Waals surface area contributed by atoms with E-state index in [-0.39, 0.29) is 5.97 Å². The number of aromatic nitrogens is 4. The van der Waals surface area contributed by atoms with Crippen LogP contribution in [0.2, 0.25) is 0 Å². The molecule has 0 aliphatic rings. The van der Waals surface area contributed by atoms with Gasteiger partial charge < -0.3 is 9.72 Å². The third-order valence-corrected chi connectivity index (χ3v) is 3.75. The van der Waals surface area contributed by atoms with Crippen molar-refractivity contribution in [2.24, 2.45) is 0 Å². The van der Waals surface area contributed by atoms with Gasteiger partial charge in [-0.05, 0) is 25.0 Å². The van der Waals surface area contributed by atoms with E-state index in [4.69, 9.17) is 4.74 Å². The van der Waals surface area contributed by atoms with E-state index < -0.39 is 0 Å². The summed E-state index contributed by atoms with van der Waals surface area (Å²) in [4.78, 5) is 26.8. The molecule has 2 aromatic heterocycles. The molecule has 0 fully saturated rings. The van der Waals surface area contributed by atoms with Gasteiger partial charge in [0.25, 0.3) is 0 Å². The van der Waals surface area contributed by atoms with Gasteiger partial charge in [-0.15, -0.1) is 11.8 Å². The number of nitrogens with zero attached hydrogens (tertiary/aromatic N) is 3. The lowest BCUT2D eigenvalue weighted by Gasteiger charge is -2.03. The molecule has 20 heavy (non-hydrogen) atoms. The molecule has 0 radical (unpaired) electrons. The molecule has 0 atom stereocenters. The van der Waals surface area contributed by atoms with Crippen LogP contribution in [0.25, 0.3) is 11.2 Å². The van der Waals surface area contributed by atoms with Crippen molar-refractivity contribution in [3.05, 3.63) is 12.7 Å². The average Bonchev–Trinajstić information content (AvgIpc) is 2.94. The Morgan fingerprint density at radius 2 is 2.25 bits per heavy atom. The van der Waals surface area contributed by atoms with Crippen LogP contribution in [0.3, 0.4) is 0 Å². The highest BCUT2D eigenvalue weighted by molar-refractivity contribution is 7.99. The summed E-state index contributed by atoms with van der Waals surface area (Å²) in [7, 11) is 0. The van der Waals surface area contributed by atoms with E-state index in [0.717, 1.165) is 35.6 Å². The van der Waals surface area contributed by atoms with Crippen molar-refractivity contribution in [2.75, 3.05) is 12.4 Å². The first-order valence-corrected chi connectivity index (χ1v) is 7.72. The Morgan fingerprint density at radius 1 is 1.35 bits per heavy atom. The second kappa shape index (κ2) is 7.84. The lowest BCUT2D eigenvalue weighted by atomic mass is 10.2. The minimum absolute atomic E-state index is 0.102. The van der Waals surface area contributed by atoms with E-state index in [2.05, 4.69) is 19.9 Å². The van der Waals surface area contributed by atoms with Crippen molar-refractivity contribution in [3.63, 3.8) is 0 Å². The number of hydrogen-bond acceptors (Lipinski definition) is 6. The molecule has 108 valence electrons. The monoisotopic (exact) mass is 294 g/mol. The van der Waals surface area contributed by atoms with E-state index in [9.17, 15) is 4.79 Å². The molecule has 1 N–H and O–H groups in total. The molecule has 0 unspecified atom stereocenters. The maximum absolute atomic E-state index is 11.3. The summed E-state index contributed by atoms with van der Waals surface area (Å²) in [5.41, 5.74) is 1.56. The summed E-state index contributed by atoms with van der Waals surface area (Å²) in [6, 6.07) is 0. The molecule has 0 aliphatic heterocycles. The lowest BCUT2D eigenvalue weighted by Crippen LogP contribution is -2.04. The molecule has 0 aromatic carbocycles. The second-order valence-corrected chi connectivity index (χ2v) is 5.39. The molecule has 6 nitrogen and oxygen atoms in total. The summed E-state index contributed by atoms with van der Waals surface area (Å²) in [5, 5.41) is 0.904. The largest absolute Gasteiger partial charge is 0.466 e.